The maximum atomic E-state index is 9.11. The zero-order chi connectivity index (χ0) is 5.21. The van der Waals surface area contributed by atoms with Crippen molar-refractivity contribution in [3.8, 4) is 0 Å². The second-order valence-electron chi connectivity index (χ2n) is 0.657. The van der Waals surface area contributed by atoms with Crippen LogP contribution in [0.15, 0.2) is 0 Å². The molecule has 6 heavy (non-hydrogen) atoms. The molecule has 4 nitrogen and oxygen atoms in total. The van der Waals surface area contributed by atoms with Crippen LogP contribution in [0.2, 0.25) is 0 Å². The quantitative estimate of drug-likeness (QED) is 0.429. The number of rotatable bonds is 1. The Hall–Kier alpha value is -0.100. The lowest BCUT2D eigenvalue weighted by Gasteiger charge is -2.06. The van der Waals surface area contributed by atoms with Crippen molar-refractivity contribution in [2.75, 3.05) is 0 Å². The minimum atomic E-state index is -3.84. The van der Waals surface area contributed by atoms with Crippen molar-refractivity contribution in [3.63, 3.8) is 0 Å². The third-order valence-corrected chi connectivity index (χ3v) is 0.387. The topological polar surface area (TPSA) is 77.8 Å². The molecule has 0 saturated carbocycles. The van der Waals surface area contributed by atoms with Gasteiger partial charge in [0.05, 0.1) is 0 Å². The predicted molar refractivity (Wildman–Crippen MR) is 22.2 cm³/mol. The van der Waals surface area contributed by atoms with Crippen molar-refractivity contribution in [1.82, 2.24) is 0 Å². The van der Waals surface area contributed by atoms with Crippen LogP contribution in [0.1, 0.15) is 0 Å². The highest BCUT2D eigenvalue weighted by Gasteiger charge is 2.05. The van der Waals surface area contributed by atoms with Crippen molar-refractivity contribution in [2.24, 2.45) is 0 Å². The summed E-state index contributed by atoms with van der Waals surface area (Å²) in [5.74, 6) is 0. The molecule has 0 aromatic rings. The van der Waals surface area contributed by atoms with Crippen molar-refractivity contribution < 1.29 is 18.5 Å². The van der Waals surface area contributed by atoms with Crippen molar-refractivity contribution in [1.29, 1.82) is 0 Å². The van der Waals surface area contributed by atoms with E-state index in [-0.39, 0.29) is 5.62 Å². The molecule has 0 saturated heterocycles. The van der Waals surface area contributed by atoms with Crippen LogP contribution >= 0.6 is 10.9 Å². The van der Waals surface area contributed by atoms with Gasteiger partial charge in [-0.05, 0) is 0 Å². The van der Waals surface area contributed by atoms with E-state index in [1.165, 1.54) is 0 Å². The normalized spacial score (nSPS) is 13.8. The summed E-state index contributed by atoms with van der Waals surface area (Å²) < 4.78 is 23.0. The van der Waals surface area contributed by atoms with Crippen LogP contribution < -0.4 is 0 Å². The fourth-order valence-corrected chi connectivity index (χ4v) is 0. The Kier molecular flexibility index (Phi) is 1.54. The lowest BCUT2D eigenvalue weighted by atomic mass is 11.8. The van der Waals surface area contributed by atoms with Crippen LogP contribution in [0.5, 0.6) is 0 Å². The highest BCUT2D eigenvalue weighted by molar-refractivity contribution is 8.30. The van der Waals surface area contributed by atoms with Gasteiger partial charge < -0.3 is 13.7 Å². The molecule has 0 amide bonds. The first-order chi connectivity index (χ1) is 2.56. The molecule has 0 aromatic carbocycles. The highest BCUT2D eigenvalue weighted by atomic mass is 32.3. The summed E-state index contributed by atoms with van der Waals surface area (Å²) >= 11 is 0. The second kappa shape index (κ2) is 1.57. The average Bonchev–Trinajstić information content (AvgIpc) is 1.35. The molecule has 38 valence electrons. The molecule has 0 atom stereocenters. The van der Waals surface area contributed by atoms with Gasteiger partial charge in [0.15, 0.2) is 0 Å². The third-order valence-electron chi connectivity index (χ3n) is 0.129. The van der Waals surface area contributed by atoms with Gasteiger partial charge in [-0.2, -0.15) is 0 Å². The van der Waals surface area contributed by atoms with Crippen molar-refractivity contribution in [2.45, 2.75) is 0 Å². The Labute approximate surface area is 36.0 Å². The molecular weight excluding hydrogens is 108 g/mol. The van der Waals surface area contributed by atoms with Crippen LogP contribution in [0.4, 0.5) is 0 Å². The Bertz CT molecular complexity index is 53.1. The van der Waals surface area contributed by atoms with E-state index < -0.39 is 10.9 Å². The smallest absolute Gasteiger partial charge is 0.230 e. The van der Waals surface area contributed by atoms with Crippen LogP contribution in [-0.4, -0.2) is 19.3 Å². The number of carbonyl (C=O) groups is 1. The number of carbonyl (C=O) groups excluding carboxylic acids is 1. The first-order valence-corrected chi connectivity index (χ1v) is 2.59. The van der Waals surface area contributed by atoms with Gasteiger partial charge >= 0.3 is 0 Å². The fourth-order valence-electron chi connectivity index (χ4n) is 0. The van der Waals surface area contributed by atoms with E-state index in [2.05, 4.69) is 0 Å². The minimum Gasteiger partial charge on any atom is -0.303 e. The van der Waals surface area contributed by atoms with Gasteiger partial charge in [0, 0.05) is 0 Å². The maximum Gasteiger partial charge on any atom is 0.230 e. The van der Waals surface area contributed by atoms with Crippen LogP contribution in [0.25, 0.3) is 0 Å². The molecule has 3 N–H and O–H groups in total. The first-order valence-electron chi connectivity index (χ1n) is 1.02. The van der Waals surface area contributed by atoms with Gasteiger partial charge in [-0.15, -0.1) is 0 Å². The summed E-state index contributed by atoms with van der Waals surface area (Å²) in [6, 6.07) is 0. The standard InChI is InChI=1S/CH4O4S/c2-1-6(3,4)5/h1,3-5H. The van der Waals surface area contributed by atoms with E-state index >= 15 is 0 Å². The second-order valence-corrected chi connectivity index (χ2v) is 1.97. The van der Waals surface area contributed by atoms with Crippen LogP contribution in [-0.2, 0) is 4.79 Å². The molecule has 0 aliphatic heterocycles. The fraction of sp³-hybridized carbons (Fsp3) is 0. The zero-order valence-electron chi connectivity index (χ0n) is 2.74. The van der Waals surface area contributed by atoms with Crippen molar-refractivity contribution in [3.05, 3.63) is 0 Å². The van der Waals surface area contributed by atoms with Crippen LogP contribution in [0, 0.1) is 0 Å². The maximum absolute atomic E-state index is 9.11. The van der Waals surface area contributed by atoms with Gasteiger partial charge in [0.1, 0.15) is 10.9 Å². The predicted octanol–water partition coefficient (Wildman–Crippen LogP) is 0.400. The minimum absolute atomic E-state index is 0.312. The van der Waals surface area contributed by atoms with Gasteiger partial charge in [0.25, 0.3) is 0 Å². The Morgan fingerprint density at radius 1 is 1.33 bits per heavy atom. The summed E-state index contributed by atoms with van der Waals surface area (Å²) in [4.78, 5) is 9.11. The summed E-state index contributed by atoms with van der Waals surface area (Å²) in [5.41, 5.74) is -0.312. The van der Waals surface area contributed by atoms with E-state index in [1.54, 1.807) is 0 Å². The van der Waals surface area contributed by atoms with Gasteiger partial charge in [-0.3, -0.25) is 4.79 Å². The van der Waals surface area contributed by atoms with Crippen LogP contribution in [0.3, 0.4) is 0 Å². The van der Waals surface area contributed by atoms with E-state index in [9.17, 15) is 0 Å². The third kappa shape index (κ3) is 3.90. The first kappa shape index (κ1) is 5.90. The summed E-state index contributed by atoms with van der Waals surface area (Å²) in [6.07, 6.45) is 0. The molecule has 0 heterocycles. The molecule has 0 spiro atoms. The monoisotopic (exact) mass is 112 g/mol. The Morgan fingerprint density at radius 3 is 1.50 bits per heavy atom. The zero-order valence-corrected chi connectivity index (χ0v) is 3.55. The summed E-state index contributed by atoms with van der Waals surface area (Å²) in [5, 5.41) is 0. The summed E-state index contributed by atoms with van der Waals surface area (Å²) in [7, 11) is -3.84. The number of hydrogen-bond acceptors (Lipinski definition) is 4. The molecule has 0 fully saturated rings. The number of hydrogen-bond donors (Lipinski definition) is 3. The Morgan fingerprint density at radius 2 is 1.50 bits per heavy atom. The molecule has 0 aliphatic rings. The van der Waals surface area contributed by atoms with Crippen molar-refractivity contribution >= 4 is 16.5 Å². The highest BCUT2D eigenvalue weighted by Crippen LogP contribution is 2.26. The summed E-state index contributed by atoms with van der Waals surface area (Å²) in [6.45, 7) is 0. The van der Waals surface area contributed by atoms with E-state index in [0.29, 0.717) is 0 Å². The molecule has 0 aliphatic carbocycles. The van der Waals surface area contributed by atoms with E-state index in [0.717, 1.165) is 0 Å². The largest absolute Gasteiger partial charge is 0.303 e. The molecule has 0 rings (SSSR count). The molecule has 0 unspecified atom stereocenters. The Balaban J connectivity index is 3.45. The van der Waals surface area contributed by atoms with E-state index in [1.807, 2.05) is 0 Å². The van der Waals surface area contributed by atoms with Gasteiger partial charge in [-0.25, -0.2) is 0 Å². The lowest BCUT2D eigenvalue weighted by molar-refractivity contribution is 0.388. The van der Waals surface area contributed by atoms with Gasteiger partial charge in [0.2, 0.25) is 5.62 Å². The molecule has 0 aromatic heterocycles. The lowest BCUT2D eigenvalue weighted by Crippen LogP contribution is -1.92. The van der Waals surface area contributed by atoms with E-state index in [4.69, 9.17) is 18.5 Å². The van der Waals surface area contributed by atoms with Gasteiger partial charge in [-0.1, -0.05) is 0 Å². The molecule has 0 bridgehead atoms. The molecule has 5 heteroatoms. The average molecular weight is 112 g/mol. The SMILES string of the molecule is O=CS(O)(O)O. The molecule has 0 radical (unpaired) electrons. The molecular formula is CH4O4S.